The van der Waals surface area contributed by atoms with E-state index in [1.54, 1.807) is 19.2 Å². The zero-order valence-electron chi connectivity index (χ0n) is 16.6. The molecular weight excluding hydrogens is 443 g/mol. The first-order valence-corrected chi connectivity index (χ1v) is 10.3. The van der Waals surface area contributed by atoms with Crippen LogP contribution in [0.1, 0.15) is 5.56 Å². The van der Waals surface area contributed by atoms with E-state index in [9.17, 15) is 18.0 Å². The van der Waals surface area contributed by atoms with Crippen molar-refractivity contribution in [3.63, 3.8) is 0 Å². The van der Waals surface area contributed by atoms with E-state index in [0.717, 1.165) is 29.5 Å². The van der Waals surface area contributed by atoms with Crippen LogP contribution in [0.3, 0.4) is 0 Å². The van der Waals surface area contributed by atoms with E-state index < -0.39 is 17.6 Å². The molecule has 2 heterocycles. The highest BCUT2D eigenvalue weighted by molar-refractivity contribution is 7.99. The van der Waals surface area contributed by atoms with Gasteiger partial charge in [-0.15, -0.1) is 10.2 Å². The molecule has 0 bridgehead atoms. The number of ether oxygens (including phenoxy) is 1. The molecule has 0 aliphatic rings. The highest BCUT2D eigenvalue weighted by Crippen LogP contribution is 2.30. The van der Waals surface area contributed by atoms with Gasteiger partial charge in [-0.3, -0.25) is 4.79 Å². The Bertz CT molecular complexity index is 1260. The number of benzene rings is 2. The lowest BCUT2D eigenvalue weighted by Crippen LogP contribution is -2.14. The van der Waals surface area contributed by atoms with Gasteiger partial charge in [-0.2, -0.15) is 22.8 Å². The first-order chi connectivity index (χ1) is 15.3. The Hall–Kier alpha value is -3.60. The van der Waals surface area contributed by atoms with Gasteiger partial charge in [0.15, 0.2) is 5.65 Å². The average molecular weight is 459 g/mol. The summed E-state index contributed by atoms with van der Waals surface area (Å²) in [5, 5.41) is 15.6. The van der Waals surface area contributed by atoms with Crippen molar-refractivity contribution in [1.29, 1.82) is 0 Å². The number of carbonyl (C=O) groups excluding carboxylic acids is 1. The first kappa shape index (κ1) is 21.6. The second-order valence-corrected chi connectivity index (χ2v) is 7.53. The van der Waals surface area contributed by atoms with Crippen LogP contribution in [0.5, 0.6) is 5.75 Å². The summed E-state index contributed by atoms with van der Waals surface area (Å²) < 4.78 is 44.9. The molecule has 0 radical (unpaired) electrons. The molecular formula is C21H16F3N5O2S. The molecule has 1 amide bonds. The van der Waals surface area contributed by atoms with Crippen molar-refractivity contribution in [2.45, 2.75) is 11.3 Å². The Morgan fingerprint density at radius 1 is 1.06 bits per heavy atom. The third-order valence-corrected chi connectivity index (χ3v) is 5.36. The number of amides is 1. The number of thioether (sulfide) groups is 1. The highest BCUT2D eigenvalue weighted by Gasteiger charge is 2.30. The lowest BCUT2D eigenvalue weighted by Gasteiger charge is -2.09. The van der Waals surface area contributed by atoms with Gasteiger partial charge in [0.05, 0.1) is 24.1 Å². The zero-order chi connectivity index (χ0) is 22.7. The molecule has 2 aromatic heterocycles. The summed E-state index contributed by atoms with van der Waals surface area (Å²) in [4.78, 5) is 12.2. The van der Waals surface area contributed by atoms with Gasteiger partial charge in [0, 0.05) is 11.3 Å². The van der Waals surface area contributed by atoms with Crippen LogP contribution in [0.4, 0.5) is 18.9 Å². The van der Waals surface area contributed by atoms with E-state index in [4.69, 9.17) is 4.74 Å². The van der Waals surface area contributed by atoms with Crippen LogP contribution in [0, 0.1) is 0 Å². The number of methoxy groups -OCH3 is 1. The quantitative estimate of drug-likeness (QED) is 0.426. The Kier molecular flexibility index (Phi) is 5.99. The fourth-order valence-electron chi connectivity index (χ4n) is 2.93. The summed E-state index contributed by atoms with van der Waals surface area (Å²) in [5.74, 6) is 0.243. The molecule has 2 aromatic carbocycles. The predicted octanol–water partition coefficient (Wildman–Crippen LogP) is 4.55. The van der Waals surface area contributed by atoms with Crippen molar-refractivity contribution < 1.29 is 22.7 Å². The molecule has 4 rings (SSSR count). The molecule has 11 heteroatoms. The molecule has 0 fully saturated rings. The Balaban J connectivity index is 1.47. The molecule has 7 nitrogen and oxygen atoms in total. The lowest BCUT2D eigenvalue weighted by molar-refractivity contribution is -0.137. The SMILES string of the molecule is COc1ccccc1-c1ccc2nnc(SCC(=O)Nc3ccc(C(F)(F)F)cc3)n2n1. The highest BCUT2D eigenvalue weighted by atomic mass is 32.2. The minimum absolute atomic E-state index is 0.0254. The van der Waals surface area contributed by atoms with Crippen molar-refractivity contribution in [2.24, 2.45) is 0 Å². The third kappa shape index (κ3) is 4.67. The number of hydrogen-bond donors (Lipinski definition) is 1. The van der Waals surface area contributed by atoms with Crippen LogP contribution in [0.2, 0.25) is 0 Å². The number of aromatic nitrogens is 4. The van der Waals surface area contributed by atoms with Crippen LogP contribution < -0.4 is 10.1 Å². The van der Waals surface area contributed by atoms with Crippen LogP contribution >= 0.6 is 11.8 Å². The molecule has 0 saturated carbocycles. The van der Waals surface area contributed by atoms with Gasteiger partial charge < -0.3 is 10.1 Å². The number of anilines is 1. The Morgan fingerprint density at radius 2 is 1.81 bits per heavy atom. The van der Waals surface area contributed by atoms with Gasteiger partial charge in [-0.25, -0.2) is 0 Å². The van der Waals surface area contributed by atoms with Crippen molar-refractivity contribution in [3.8, 4) is 17.0 Å². The largest absolute Gasteiger partial charge is 0.496 e. The average Bonchev–Trinajstić information content (AvgIpc) is 3.19. The lowest BCUT2D eigenvalue weighted by atomic mass is 10.1. The normalized spacial score (nSPS) is 11.5. The molecule has 0 saturated heterocycles. The molecule has 0 unspecified atom stereocenters. The maximum atomic E-state index is 12.6. The van der Waals surface area contributed by atoms with Gasteiger partial charge in [0.1, 0.15) is 5.75 Å². The number of carbonyl (C=O) groups is 1. The molecule has 164 valence electrons. The number of alkyl halides is 3. The summed E-state index contributed by atoms with van der Waals surface area (Å²) >= 11 is 1.11. The predicted molar refractivity (Wildman–Crippen MR) is 114 cm³/mol. The summed E-state index contributed by atoms with van der Waals surface area (Å²) in [6.07, 6.45) is -4.43. The monoisotopic (exact) mass is 459 g/mol. The number of nitrogens with one attached hydrogen (secondary N) is 1. The number of fused-ring (bicyclic) bond motifs is 1. The van der Waals surface area contributed by atoms with Crippen molar-refractivity contribution in [2.75, 3.05) is 18.2 Å². The van der Waals surface area contributed by atoms with E-state index in [2.05, 4.69) is 20.6 Å². The van der Waals surface area contributed by atoms with Gasteiger partial charge in [-0.05, 0) is 48.5 Å². The minimum atomic E-state index is -4.43. The second-order valence-electron chi connectivity index (χ2n) is 6.58. The minimum Gasteiger partial charge on any atom is -0.496 e. The number of halogens is 3. The van der Waals surface area contributed by atoms with E-state index in [1.165, 1.54) is 16.6 Å². The van der Waals surface area contributed by atoms with Crippen LogP contribution in [0.15, 0.2) is 65.8 Å². The van der Waals surface area contributed by atoms with E-state index in [0.29, 0.717) is 22.2 Å². The standard InChI is InChI=1S/C21H16F3N5O2S/c1-31-17-5-3-2-4-15(17)16-10-11-18-26-27-20(29(18)28-16)32-12-19(30)25-14-8-6-13(7-9-14)21(22,23)24/h2-11H,12H2,1H3,(H,25,30). The van der Waals surface area contributed by atoms with E-state index in [1.807, 2.05) is 24.3 Å². The van der Waals surface area contributed by atoms with Crippen LogP contribution in [-0.2, 0) is 11.0 Å². The van der Waals surface area contributed by atoms with Gasteiger partial charge in [-0.1, -0.05) is 23.9 Å². The summed E-state index contributed by atoms with van der Waals surface area (Å²) in [7, 11) is 1.58. The topological polar surface area (TPSA) is 81.4 Å². The number of nitrogens with zero attached hydrogens (tertiary/aromatic N) is 4. The summed E-state index contributed by atoms with van der Waals surface area (Å²) in [6.45, 7) is 0. The molecule has 0 atom stereocenters. The summed E-state index contributed by atoms with van der Waals surface area (Å²) in [5.41, 5.74) is 1.43. The van der Waals surface area contributed by atoms with E-state index >= 15 is 0 Å². The molecule has 32 heavy (non-hydrogen) atoms. The molecule has 0 aliphatic carbocycles. The van der Waals surface area contributed by atoms with Gasteiger partial charge in [0.2, 0.25) is 11.1 Å². The Morgan fingerprint density at radius 3 is 2.53 bits per heavy atom. The fraction of sp³-hybridized carbons (Fsp3) is 0.143. The fourth-order valence-corrected chi connectivity index (χ4v) is 3.62. The third-order valence-electron chi connectivity index (χ3n) is 4.45. The van der Waals surface area contributed by atoms with E-state index in [-0.39, 0.29) is 11.4 Å². The van der Waals surface area contributed by atoms with Gasteiger partial charge in [0.25, 0.3) is 0 Å². The number of rotatable bonds is 6. The maximum Gasteiger partial charge on any atom is 0.416 e. The van der Waals surface area contributed by atoms with Crippen molar-refractivity contribution >= 4 is 29.0 Å². The smallest absolute Gasteiger partial charge is 0.416 e. The molecule has 0 aliphatic heterocycles. The first-order valence-electron chi connectivity index (χ1n) is 9.31. The Labute approximate surface area is 184 Å². The zero-order valence-corrected chi connectivity index (χ0v) is 17.4. The van der Waals surface area contributed by atoms with Gasteiger partial charge >= 0.3 is 6.18 Å². The van der Waals surface area contributed by atoms with Crippen molar-refractivity contribution in [3.05, 3.63) is 66.2 Å². The number of hydrogen-bond acceptors (Lipinski definition) is 6. The maximum absolute atomic E-state index is 12.6. The molecule has 1 N–H and O–H groups in total. The van der Waals surface area contributed by atoms with Crippen LogP contribution in [-0.4, -0.2) is 38.6 Å². The second kappa shape index (κ2) is 8.87. The molecule has 0 spiro atoms. The van der Waals surface area contributed by atoms with Crippen LogP contribution in [0.25, 0.3) is 16.9 Å². The van der Waals surface area contributed by atoms with Crippen molar-refractivity contribution in [1.82, 2.24) is 19.8 Å². The summed E-state index contributed by atoms with van der Waals surface area (Å²) in [6, 6.07) is 15.2. The number of para-hydroxylation sites is 1. The molecule has 4 aromatic rings.